The molecule has 1 aliphatic heterocycles. The van der Waals surface area contributed by atoms with Crippen LogP contribution in [0.3, 0.4) is 0 Å². The zero-order valence-electron chi connectivity index (χ0n) is 24.9. The molecule has 0 aliphatic carbocycles. The Balaban J connectivity index is 1.20. The molecule has 2 aromatic carbocycles. The fourth-order valence-corrected chi connectivity index (χ4v) is 5.10. The van der Waals surface area contributed by atoms with Crippen LogP contribution in [0, 0.1) is 0 Å². The number of halogens is 1. The number of piperazine rings is 1. The van der Waals surface area contributed by atoms with Gasteiger partial charge in [0.15, 0.2) is 12.6 Å². The number of hydrogen-bond donors (Lipinski definition) is 2. The molecule has 1 fully saturated rings. The van der Waals surface area contributed by atoms with Crippen molar-refractivity contribution < 1.29 is 28.3 Å². The molecule has 4 rings (SSSR count). The standard InChI is InChI=1S/C31H39ClN5O6P/c1-3-27(38)20-24-7-4-8-25(19-24)30-29(32)22-33-31(35-30)34-26-9-5-10-28(21-26)42-17-6-11-36-12-14-37(15-13-36)16-18-41-23-43-44(2,39)40/h3-5,7-10,19,21-22H,1,6,11-18,20,23H2,2H3,(H,39,40)(H,33,34,35). The van der Waals surface area contributed by atoms with E-state index in [9.17, 15) is 9.36 Å². The molecule has 0 radical (unpaired) electrons. The summed E-state index contributed by atoms with van der Waals surface area (Å²) >= 11 is 6.44. The molecule has 1 aromatic heterocycles. The molecule has 1 unspecified atom stereocenters. The topological polar surface area (TPSA) is 126 Å². The Morgan fingerprint density at radius 3 is 2.61 bits per heavy atom. The Bertz CT molecular complexity index is 1450. The number of rotatable bonds is 17. The Labute approximate surface area is 263 Å². The van der Waals surface area contributed by atoms with Crippen LogP contribution in [0.5, 0.6) is 5.75 Å². The van der Waals surface area contributed by atoms with E-state index in [2.05, 4.69) is 31.7 Å². The lowest BCUT2D eigenvalue weighted by Crippen LogP contribution is -2.47. The van der Waals surface area contributed by atoms with Crippen LogP contribution < -0.4 is 10.1 Å². The molecule has 13 heteroatoms. The molecule has 1 saturated heterocycles. The number of carbonyl (C=O) groups excluding carboxylic acids is 1. The number of anilines is 2. The zero-order chi connectivity index (χ0) is 31.4. The van der Waals surface area contributed by atoms with Gasteiger partial charge in [0, 0.05) is 69.7 Å². The number of aromatic nitrogens is 2. The average Bonchev–Trinajstić information content (AvgIpc) is 3.00. The van der Waals surface area contributed by atoms with Gasteiger partial charge in [-0.2, -0.15) is 0 Å². The summed E-state index contributed by atoms with van der Waals surface area (Å²) in [6.45, 7) is 11.1. The lowest BCUT2D eigenvalue weighted by Gasteiger charge is -2.34. The molecule has 44 heavy (non-hydrogen) atoms. The number of nitrogens with zero attached hydrogens (tertiary/aromatic N) is 4. The molecule has 11 nitrogen and oxygen atoms in total. The first kappa shape index (κ1) is 33.7. The van der Waals surface area contributed by atoms with Gasteiger partial charge >= 0.3 is 7.60 Å². The smallest absolute Gasteiger partial charge is 0.327 e. The minimum atomic E-state index is -3.49. The normalized spacial score (nSPS) is 15.4. The molecule has 2 heterocycles. The summed E-state index contributed by atoms with van der Waals surface area (Å²) in [4.78, 5) is 34.6. The number of benzene rings is 2. The highest BCUT2D eigenvalue weighted by atomic mass is 35.5. The second kappa shape index (κ2) is 16.8. The molecule has 0 bridgehead atoms. The molecule has 0 saturated carbocycles. The van der Waals surface area contributed by atoms with Crippen molar-refractivity contribution in [3.8, 4) is 17.0 Å². The van der Waals surface area contributed by atoms with Gasteiger partial charge in [-0.15, -0.1) is 0 Å². The quantitative estimate of drug-likeness (QED) is 0.0890. The monoisotopic (exact) mass is 643 g/mol. The maximum Gasteiger partial charge on any atom is 0.327 e. The molecule has 0 spiro atoms. The SMILES string of the molecule is C=CC(=O)Cc1cccc(-c2nc(Nc3cccc(OCCCN4CCN(CCOCOP(C)(=O)O)CC4)c3)ncc2Cl)c1. The summed E-state index contributed by atoms with van der Waals surface area (Å²) in [5.74, 6) is 1.09. The van der Waals surface area contributed by atoms with Gasteiger partial charge in [-0.1, -0.05) is 42.4 Å². The third-order valence-electron chi connectivity index (χ3n) is 6.92. The summed E-state index contributed by atoms with van der Waals surface area (Å²) in [5.41, 5.74) is 3.00. The molecule has 2 N–H and O–H groups in total. The number of nitrogens with one attached hydrogen (secondary N) is 1. The van der Waals surface area contributed by atoms with E-state index >= 15 is 0 Å². The van der Waals surface area contributed by atoms with Crippen molar-refractivity contribution in [1.29, 1.82) is 0 Å². The van der Waals surface area contributed by atoms with Crippen LogP contribution in [0.15, 0.2) is 67.4 Å². The van der Waals surface area contributed by atoms with Crippen molar-refractivity contribution >= 4 is 36.6 Å². The van der Waals surface area contributed by atoms with E-state index in [0.29, 0.717) is 29.9 Å². The lowest BCUT2D eigenvalue weighted by molar-refractivity contribution is -0.114. The number of ether oxygens (including phenoxy) is 2. The third-order valence-corrected chi connectivity index (χ3v) is 7.78. The van der Waals surface area contributed by atoms with Crippen LogP contribution in [0.1, 0.15) is 12.0 Å². The number of ketones is 1. The Morgan fingerprint density at radius 1 is 1.11 bits per heavy atom. The second-order valence-electron chi connectivity index (χ2n) is 10.4. The van der Waals surface area contributed by atoms with Crippen LogP contribution in [-0.2, 0) is 25.0 Å². The lowest BCUT2D eigenvalue weighted by atomic mass is 10.0. The van der Waals surface area contributed by atoms with E-state index < -0.39 is 7.60 Å². The highest BCUT2D eigenvalue weighted by molar-refractivity contribution is 7.51. The zero-order valence-corrected chi connectivity index (χ0v) is 26.5. The van der Waals surface area contributed by atoms with E-state index in [-0.39, 0.29) is 19.0 Å². The van der Waals surface area contributed by atoms with Crippen LogP contribution in [0.25, 0.3) is 11.3 Å². The van der Waals surface area contributed by atoms with Gasteiger partial charge in [-0.05, 0) is 36.3 Å². The summed E-state index contributed by atoms with van der Waals surface area (Å²) in [7, 11) is -3.49. The van der Waals surface area contributed by atoms with E-state index in [1.165, 1.54) is 6.08 Å². The van der Waals surface area contributed by atoms with Gasteiger partial charge in [0.1, 0.15) is 5.75 Å². The predicted octanol–water partition coefficient (Wildman–Crippen LogP) is 5.03. The fourth-order valence-electron chi connectivity index (χ4n) is 4.63. The molecular weight excluding hydrogens is 605 g/mol. The van der Waals surface area contributed by atoms with Crippen LogP contribution in [-0.4, -0.2) is 96.4 Å². The molecule has 3 aromatic rings. The molecule has 1 aliphatic rings. The van der Waals surface area contributed by atoms with Crippen molar-refractivity contribution in [2.45, 2.75) is 12.8 Å². The van der Waals surface area contributed by atoms with Crippen LogP contribution in [0.4, 0.5) is 11.6 Å². The second-order valence-corrected chi connectivity index (χ2v) is 12.7. The highest BCUT2D eigenvalue weighted by Crippen LogP contribution is 2.36. The maximum atomic E-state index is 11.8. The maximum absolute atomic E-state index is 11.8. The predicted molar refractivity (Wildman–Crippen MR) is 172 cm³/mol. The Morgan fingerprint density at radius 2 is 1.86 bits per heavy atom. The van der Waals surface area contributed by atoms with E-state index in [1.54, 1.807) is 6.20 Å². The van der Waals surface area contributed by atoms with Crippen molar-refractivity contribution in [2.75, 3.05) is 71.3 Å². The summed E-state index contributed by atoms with van der Waals surface area (Å²) in [6.07, 6.45) is 4.04. The highest BCUT2D eigenvalue weighted by Gasteiger charge is 2.17. The van der Waals surface area contributed by atoms with Gasteiger partial charge in [-0.3, -0.25) is 18.8 Å². The minimum absolute atomic E-state index is 0.0544. The van der Waals surface area contributed by atoms with Crippen molar-refractivity contribution in [2.24, 2.45) is 0 Å². The molecular formula is C31H39ClN5O6P. The van der Waals surface area contributed by atoms with E-state index in [1.807, 2.05) is 48.5 Å². The minimum Gasteiger partial charge on any atom is -0.493 e. The average molecular weight is 644 g/mol. The summed E-state index contributed by atoms with van der Waals surface area (Å²) in [6, 6.07) is 15.2. The van der Waals surface area contributed by atoms with Crippen LogP contribution in [0.2, 0.25) is 5.02 Å². The third kappa shape index (κ3) is 11.4. The largest absolute Gasteiger partial charge is 0.493 e. The molecule has 236 valence electrons. The van der Waals surface area contributed by atoms with Crippen LogP contribution >= 0.6 is 19.2 Å². The van der Waals surface area contributed by atoms with E-state index in [0.717, 1.165) is 74.9 Å². The summed E-state index contributed by atoms with van der Waals surface area (Å²) in [5, 5.41) is 3.64. The first-order valence-electron chi connectivity index (χ1n) is 14.4. The molecule has 1 atom stereocenters. The first-order valence-corrected chi connectivity index (χ1v) is 16.8. The summed E-state index contributed by atoms with van der Waals surface area (Å²) < 4.78 is 27.1. The number of carbonyl (C=O) groups is 1. The Hall–Kier alpha value is -3.15. The van der Waals surface area contributed by atoms with Gasteiger partial charge in [-0.25, -0.2) is 9.97 Å². The van der Waals surface area contributed by atoms with Gasteiger partial charge in [0.05, 0.1) is 30.1 Å². The van der Waals surface area contributed by atoms with Crippen molar-refractivity contribution in [1.82, 2.24) is 19.8 Å². The Kier molecular flexibility index (Phi) is 12.9. The van der Waals surface area contributed by atoms with Gasteiger partial charge in [0.2, 0.25) is 5.95 Å². The molecule has 0 amide bonds. The van der Waals surface area contributed by atoms with Gasteiger partial charge < -0.3 is 24.6 Å². The number of hydrogen-bond acceptors (Lipinski definition) is 10. The van der Waals surface area contributed by atoms with E-state index in [4.69, 9.17) is 30.5 Å². The first-order chi connectivity index (χ1) is 21.2. The van der Waals surface area contributed by atoms with Crippen molar-refractivity contribution in [3.63, 3.8) is 0 Å². The fraction of sp³-hybridized carbons (Fsp3) is 0.387. The van der Waals surface area contributed by atoms with Crippen molar-refractivity contribution in [3.05, 3.63) is 78.0 Å². The van der Waals surface area contributed by atoms with Gasteiger partial charge in [0.25, 0.3) is 0 Å². The number of allylic oxidation sites excluding steroid dienone is 1.